The summed E-state index contributed by atoms with van der Waals surface area (Å²) in [6.07, 6.45) is 0. The number of urea groups is 1. The zero-order valence-corrected chi connectivity index (χ0v) is 14.2. The SMILES string of the molecule is Cc1ccc(NC(=O)N(C)Cc2ccc(Br)cc2)cc1Cl. The Kier molecular flexibility index (Phi) is 5.26. The molecule has 0 aliphatic rings. The van der Waals surface area contributed by atoms with Gasteiger partial charge in [-0.3, -0.25) is 0 Å². The van der Waals surface area contributed by atoms with Crippen molar-refractivity contribution in [1.82, 2.24) is 4.90 Å². The molecule has 1 N–H and O–H groups in total. The van der Waals surface area contributed by atoms with Crippen molar-refractivity contribution in [2.45, 2.75) is 13.5 Å². The molecule has 0 unspecified atom stereocenters. The summed E-state index contributed by atoms with van der Waals surface area (Å²) >= 11 is 9.44. The molecule has 2 aromatic rings. The van der Waals surface area contributed by atoms with E-state index in [0.717, 1.165) is 15.6 Å². The van der Waals surface area contributed by atoms with Crippen LogP contribution in [-0.4, -0.2) is 18.0 Å². The van der Waals surface area contributed by atoms with E-state index in [1.54, 1.807) is 18.0 Å². The van der Waals surface area contributed by atoms with Gasteiger partial charge in [0.2, 0.25) is 0 Å². The monoisotopic (exact) mass is 366 g/mol. The zero-order valence-electron chi connectivity index (χ0n) is 11.9. The van der Waals surface area contributed by atoms with E-state index < -0.39 is 0 Å². The normalized spacial score (nSPS) is 10.3. The number of hydrogen-bond donors (Lipinski definition) is 1. The topological polar surface area (TPSA) is 32.3 Å². The number of benzene rings is 2. The average molecular weight is 368 g/mol. The summed E-state index contributed by atoms with van der Waals surface area (Å²) in [5.74, 6) is 0. The summed E-state index contributed by atoms with van der Waals surface area (Å²) in [5, 5.41) is 3.48. The number of halogens is 2. The number of anilines is 1. The molecule has 5 heteroatoms. The molecule has 110 valence electrons. The van der Waals surface area contributed by atoms with Gasteiger partial charge in [0.05, 0.1) is 0 Å². The summed E-state index contributed by atoms with van der Waals surface area (Å²) in [6, 6.07) is 13.2. The van der Waals surface area contributed by atoms with E-state index in [-0.39, 0.29) is 6.03 Å². The molecule has 0 aliphatic heterocycles. The van der Waals surface area contributed by atoms with Crippen molar-refractivity contribution in [2.24, 2.45) is 0 Å². The average Bonchev–Trinajstić information content (AvgIpc) is 2.45. The maximum absolute atomic E-state index is 12.1. The maximum Gasteiger partial charge on any atom is 0.321 e. The smallest absolute Gasteiger partial charge is 0.321 e. The van der Waals surface area contributed by atoms with Gasteiger partial charge in [-0.2, -0.15) is 0 Å². The number of hydrogen-bond acceptors (Lipinski definition) is 1. The molecule has 0 fully saturated rings. The molecule has 2 aromatic carbocycles. The molecule has 3 nitrogen and oxygen atoms in total. The summed E-state index contributed by atoms with van der Waals surface area (Å²) < 4.78 is 1.02. The molecule has 0 atom stereocenters. The fourth-order valence-corrected chi connectivity index (χ4v) is 2.27. The van der Waals surface area contributed by atoms with Crippen LogP contribution in [0.4, 0.5) is 10.5 Å². The van der Waals surface area contributed by atoms with Gasteiger partial charge in [-0.1, -0.05) is 45.7 Å². The Balaban J connectivity index is 1.98. The number of aryl methyl sites for hydroxylation is 1. The Labute approximate surface area is 138 Å². The Bertz CT molecular complexity index is 643. The molecule has 2 amide bonds. The minimum atomic E-state index is -0.169. The molecule has 0 heterocycles. The van der Waals surface area contributed by atoms with Gasteiger partial charge in [-0.15, -0.1) is 0 Å². The van der Waals surface area contributed by atoms with E-state index >= 15 is 0 Å². The van der Waals surface area contributed by atoms with Gasteiger partial charge < -0.3 is 10.2 Å². The third kappa shape index (κ3) is 4.48. The largest absolute Gasteiger partial charge is 0.323 e. The highest BCUT2D eigenvalue weighted by Gasteiger charge is 2.10. The predicted molar refractivity (Wildman–Crippen MR) is 90.8 cm³/mol. The quantitative estimate of drug-likeness (QED) is 0.806. The van der Waals surface area contributed by atoms with Crippen molar-refractivity contribution in [3.05, 3.63) is 63.1 Å². The Morgan fingerprint density at radius 3 is 2.52 bits per heavy atom. The van der Waals surface area contributed by atoms with Crippen molar-refractivity contribution in [3.63, 3.8) is 0 Å². The molecule has 0 aliphatic carbocycles. The van der Waals surface area contributed by atoms with Gasteiger partial charge >= 0.3 is 6.03 Å². The fourth-order valence-electron chi connectivity index (χ4n) is 1.82. The van der Waals surface area contributed by atoms with E-state index in [1.807, 2.05) is 43.3 Å². The Morgan fingerprint density at radius 2 is 1.90 bits per heavy atom. The van der Waals surface area contributed by atoms with Crippen LogP contribution in [-0.2, 0) is 6.54 Å². The first-order chi connectivity index (χ1) is 9.95. The van der Waals surface area contributed by atoms with Crippen molar-refractivity contribution < 1.29 is 4.79 Å². The van der Waals surface area contributed by atoms with E-state index in [4.69, 9.17) is 11.6 Å². The lowest BCUT2D eigenvalue weighted by molar-refractivity contribution is 0.220. The van der Waals surface area contributed by atoms with Gasteiger partial charge in [0.25, 0.3) is 0 Å². The summed E-state index contributed by atoms with van der Waals surface area (Å²) in [7, 11) is 1.76. The first-order valence-electron chi connectivity index (χ1n) is 6.48. The van der Waals surface area contributed by atoms with Crippen molar-refractivity contribution >= 4 is 39.2 Å². The number of amides is 2. The second-order valence-corrected chi connectivity index (χ2v) is 6.20. The van der Waals surface area contributed by atoms with Crippen LogP contribution in [0.1, 0.15) is 11.1 Å². The van der Waals surface area contributed by atoms with Gasteiger partial charge in [-0.05, 0) is 42.3 Å². The number of carbonyl (C=O) groups excluding carboxylic acids is 1. The molecule has 0 saturated carbocycles. The number of rotatable bonds is 3. The molecule has 0 spiro atoms. The van der Waals surface area contributed by atoms with Crippen molar-refractivity contribution in [3.8, 4) is 0 Å². The van der Waals surface area contributed by atoms with Gasteiger partial charge in [0.15, 0.2) is 0 Å². The number of nitrogens with zero attached hydrogens (tertiary/aromatic N) is 1. The van der Waals surface area contributed by atoms with Crippen LogP contribution in [0.3, 0.4) is 0 Å². The highest BCUT2D eigenvalue weighted by atomic mass is 79.9. The maximum atomic E-state index is 12.1. The lowest BCUT2D eigenvalue weighted by Gasteiger charge is -2.18. The molecule has 0 aromatic heterocycles. The minimum Gasteiger partial charge on any atom is -0.323 e. The Morgan fingerprint density at radius 1 is 1.24 bits per heavy atom. The van der Waals surface area contributed by atoms with E-state index in [2.05, 4.69) is 21.2 Å². The van der Waals surface area contributed by atoms with Crippen molar-refractivity contribution in [2.75, 3.05) is 12.4 Å². The second-order valence-electron chi connectivity index (χ2n) is 4.88. The first-order valence-corrected chi connectivity index (χ1v) is 7.65. The molecule has 0 radical (unpaired) electrons. The highest BCUT2D eigenvalue weighted by molar-refractivity contribution is 9.10. The standard InChI is InChI=1S/C16H16BrClN2O/c1-11-3-8-14(9-15(11)18)19-16(21)20(2)10-12-4-6-13(17)7-5-12/h3-9H,10H2,1-2H3,(H,19,21). The third-order valence-electron chi connectivity index (χ3n) is 3.10. The van der Waals surface area contributed by atoms with Crippen LogP contribution in [0.2, 0.25) is 5.02 Å². The molecular formula is C16H16BrClN2O. The minimum absolute atomic E-state index is 0.169. The molecule has 0 saturated heterocycles. The van der Waals surface area contributed by atoms with Crippen LogP contribution in [0.5, 0.6) is 0 Å². The lowest BCUT2D eigenvalue weighted by atomic mass is 10.2. The molecule has 2 rings (SSSR count). The van der Waals surface area contributed by atoms with Crippen LogP contribution in [0, 0.1) is 6.92 Å². The highest BCUT2D eigenvalue weighted by Crippen LogP contribution is 2.20. The number of nitrogens with one attached hydrogen (secondary N) is 1. The fraction of sp³-hybridized carbons (Fsp3) is 0.188. The van der Waals surface area contributed by atoms with Crippen LogP contribution >= 0.6 is 27.5 Å². The van der Waals surface area contributed by atoms with Gasteiger partial charge in [0, 0.05) is 28.8 Å². The third-order valence-corrected chi connectivity index (χ3v) is 4.04. The van der Waals surface area contributed by atoms with Crippen LogP contribution < -0.4 is 5.32 Å². The van der Waals surface area contributed by atoms with E-state index in [0.29, 0.717) is 17.3 Å². The summed E-state index contributed by atoms with van der Waals surface area (Å²) in [5.41, 5.74) is 2.74. The van der Waals surface area contributed by atoms with Crippen molar-refractivity contribution in [1.29, 1.82) is 0 Å². The molecule has 21 heavy (non-hydrogen) atoms. The molecule has 0 bridgehead atoms. The van der Waals surface area contributed by atoms with Gasteiger partial charge in [0.1, 0.15) is 0 Å². The van der Waals surface area contributed by atoms with E-state index in [1.165, 1.54) is 0 Å². The Hall–Kier alpha value is -1.52. The van der Waals surface area contributed by atoms with Gasteiger partial charge in [-0.25, -0.2) is 4.79 Å². The number of carbonyl (C=O) groups is 1. The zero-order chi connectivity index (χ0) is 15.4. The molecular weight excluding hydrogens is 352 g/mol. The summed E-state index contributed by atoms with van der Waals surface area (Å²) in [6.45, 7) is 2.46. The second kappa shape index (κ2) is 6.96. The van der Waals surface area contributed by atoms with Crippen LogP contribution in [0.15, 0.2) is 46.9 Å². The summed E-state index contributed by atoms with van der Waals surface area (Å²) in [4.78, 5) is 13.8. The first kappa shape index (κ1) is 15.9. The lowest BCUT2D eigenvalue weighted by Crippen LogP contribution is -2.30. The van der Waals surface area contributed by atoms with E-state index in [9.17, 15) is 4.79 Å². The van der Waals surface area contributed by atoms with Crippen LogP contribution in [0.25, 0.3) is 0 Å². The predicted octanol–water partition coefficient (Wildman–Crippen LogP) is 5.07.